The fourth-order valence-electron chi connectivity index (χ4n) is 0.0546. The van der Waals surface area contributed by atoms with Gasteiger partial charge in [-0.05, 0) is 6.92 Å². The van der Waals surface area contributed by atoms with Gasteiger partial charge in [0.25, 0.3) is 0 Å². The van der Waals surface area contributed by atoms with Crippen molar-refractivity contribution >= 4 is 11.6 Å². The summed E-state index contributed by atoms with van der Waals surface area (Å²) >= 11 is 5.00. The molecule has 0 spiro atoms. The maximum absolute atomic E-state index is 5.00. The Morgan fingerprint density at radius 3 is 2.40 bits per heavy atom. The van der Waals surface area contributed by atoms with Crippen molar-refractivity contribution in [2.24, 2.45) is 0 Å². The van der Waals surface area contributed by atoms with E-state index in [2.05, 4.69) is 11.8 Å². The van der Waals surface area contributed by atoms with Crippen LogP contribution in [0, 0.1) is 17.7 Å². The molecule has 0 aliphatic carbocycles. The lowest BCUT2D eigenvalue weighted by atomic mass is 10.7. The predicted octanol–water partition coefficient (Wildman–Crippen LogP) is 1.41. The largest absolute Gasteiger partial charge is 0.122 e. The zero-order valence-corrected chi connectivity index (χ0v) is 3.71. The molecule has 0 unspecified atom stereocenters. The predicted molar refractivity (Wildman–Crippen MR) is 23.6 cm³/mol. The Morgan fingerprint density at radius 1 is 1.80 bits per heavy atom. The van der Waals surface area contributed by atoms with Crippen LogP contribution in [0.15, 0.2) is 0 Å². The van der Waals surface area contributed by atoms with Gasteiger partial charge in [-0.3, -0.25) is 0 Å². The maximum atomic E-state index is 5.00. The summed E-state index contributed by atoms with van der Waals surface area (Å²) in [6, 6.07) is 0. The molecule has 0 amide bonds. The fourth-order valence-corrected chi connectivity index (χ4v) is 0.164. The van der Waals surface area contributed by atoms with Gasteiger partial charge in [0.1, 0.15) is 5.88 Å². The first-order valence-electron chi connectivity index (χ1n) is 1.26. The minimum absolute atomic E-state index is 1.29. The zero-order valence-electron chi connectivity index (χ0n) is 2.96. The summed E-state index contributed by atoms with van der Waals surface area (Å²) in [6.07, 6.45) is 0. The molecule has 0 heterocycles. The molecule has 0 aromatic rings. The van der Waals surface area contributed by atoms with E-state index in [0.717, 1.165) is 0 Å². The van der Waals surface area contributed by atoms with E-state index in [1.165, 1.54) is 5.88 Å². The van der Waals surface area contributed by atoms with Crippen LogP contribution in [0.4, 0.5) is 0 Å². The van der Waals surface area contributed by atoms with Crippen molar-refractivity contribution in [1.82, 2.24) is 0 Å². The molecule has 0 aliphatic rings. The van der Waals surface area contributed by atoms with Crippen LogP contribution in [0.3, 0.4) is 0 Å². The Morgan fingerprint density at radius 2 is 2.40 bits per heavy atom. The molecule has 0 rings (SSSR count). The number of rotatable bonds is 0. The summed E-state index contributed by atoms with van der Waals surface area (Å²) < 4.78 is 0. The summed E-state index contributed by atoms with van der Waals surface area (Å²) in [6.45, 7) is 1.74. The van der Waals surface area contributed by atoms with Crippen LogP contribution in [0.1, 0.15) is 6.92 Å². The third kappa shape index (κ3) is 3.85. The summed E-state index contributed by atoms with van der Waals surface area (Å²) in [7, 11) is 0. The maximum Gasteiger partial charge on any atom is 0.122 e. The molecule has 0 N–H and O–H groups in total. The highest BCUT2D eigenvalue weighted by Gasteiger charge is 1.53. The highest BCUT2D eigenvalue weighted by molar-refractivity contribution is 6.25. The highest BCUT2D eigenvalue weighted by Crippen LogP contribution is 1.74. The van der Waals surface area contributed by atoms with Crippen molar-refractivity contribution in [3.63, 3.8) is 0 Å². The van der Waals surface area contributed by atoms with Crippen LogP contribution in [0.25, 0.3) is 0 Å². The van der Waals surface area contributed by atoms with Gasteiger partial charge in [-0.15, -0.1) is 17.5 Å². The van der Waals surface area contributed by atoms with Gasteiger partial charge in [0.2, 0.25) is 0 Å². The summed E-state index contributed by atoms with van der Waals surface area (Å²) in [5.41, 5.74) is 0. The molecular weight excluding hydrogens is 83.5 g/mol. The van der Waals surface area contributed by atoms with Crippen molar-refractivity contribution in [3.8, 4) is 11.8 Å². The van der Waals surface area contributed by atoms with E-state index in [9.17, 15) is 0 Å². The molecule has 0 bridgehead atoms. The average molecular weight is 87.5 g/mol. The average Bonchev–Trinajstić information content (AvgIpc) is 1.41. The minimum atomic E-state index is 1.29. The third-order valence-electron chi connectivity index (χ3n) is 0.199. The molecule has 1 radical (unpaired) electrons. The van der Waals surface area contributed by atoms with Gasteiger partial charge in [-0.1, -0.05) is 5.92 Å². The quantitative estimate of drug-likeness (QED) is 0.392. The monoisotopic (exact) mass is 87.0 g/mol. The van der Waals surface area contributed by atoms with Crippen LogP contribution < -0.4 is 0 Å². The topological polar surface area (TPSA) is 0 Å². The van der Waals surface area contributed by atoms with Crippen LogP contribution in [-0.2, 0) is 0 Å². The lowest BCUT2D eigenvalue weighted by molar-refractivity contribution is 1.90. The van der Waals surface area contributed by atoms with Gasteiger partial charge in [-0.25, -0.2) is 0 Å². The Balaban J connectivity index is 2.81. The normalized spacial score (nSPS) is 5.20. The third-order valence-corrected chi connectivity index (χ3v) is 0.308. The van der Waals surface area contributed by atoms with Crippen molar-refractivity contribution < 1.29 is 0 Å². The van der Waals surface area contributed by atoms with Crippen LogP contribution in [0.2, 0.25) is 0 Å². The summed E-state index contributed by atoms with van der Waals surface area (Å²) in [5, 5.41) is 0. The van der Waals surface area contributed by atoms with Gasteiger partial charge in [-0.2, -0.15) is 0 Å². The molecule has 1 heteroatoms. The SMILES string of the molecule is CC#C[CH]Cl. The molecule has 5 heavy (non-hydrogen) atoms. The molecule has 0 saturated carbocycles. The summed E-state index contributed by atoms with van der Waals surface area (Å²) in [4.78, 5) is 0. The molecule has 27 valence electrons. The number of halogens is 1. The Labute approximate surface area is 37.1 Å². The molecular formula is C4H4Cl. The molecule has 0 atom stereocenters. The molecule has 0 aromatic carbocycles. The summed E-state index contributed by atoms with van der Waals surface area (Å²) in [5.74, 6) is 6.37. The van der Waals surface area contributed by atoms with Crippen molar-refractivity contribution in [2.75, 3.05) is 0 Å². The molecule has 0 aliphatic heterocycles. The van der Waals surface area contributed by atoms with Gasteiger partial charge < -0.3 is 0 Å². The van der Waals surface area contributed by atoms with Crippen molar-refractivity contribution in [1.29, 1.82) is 0 Å². The van der Waals surface area contributed by atoms with Gasteiger partial charge >= 0.3 is 0 Å². The van der Waals surface area contributed by atoms with Crippen LogP contribution in [0.5, 0.6) is 0 Å². The van der Waals surface area contributed by atoms with Crippen molar-refractivity contribution in [2.45, 2.75) is 6.92 Å². The molecule has 0 aromatic heterocycles. The molecule has 0 fully saturated rings. The van der Waals surface area contributed by atoms with E-state index in [0.29, 0.717) is 0 Å². The highest BCUT2D eigenvalue weighted by atomic mass is 35.5. The number of hydrogen-bond acceptors (Lipinski definition) is 0. The fraction of sp³-hybridized carbons (Fsp3) is 0.250. The number of hydrogen-bond donors (Lipinski definition) is 0. The van der Waals surface area contributed by atoms with E-state index in [1.54, 1.807) is 6.92 Å². The first-order chi connectivity index (χ1) is 2.41. The Bertz CT molecular complexity index is 55.8. The first kappa shape index (κ1) is 4.85. The van der Waals surface area contributed by atoms with Gasteiger partial charge in [0.05, 0.1) is 0 Å². The Hall–Kier alpha value is -0.150. The second-order valence-corrected chi connectivity index (χ2v) is 0.722. The molecule has 0 saturated heterocycles. The smallest absolute Gasteiger partial charge is 0.106 e. The zero-order chi connectivity index (χ0) is 4.12. The van der Waals surface area contributed by atoms with E-state index in [-0.39, 0.29) is 0 Å². The van der Waals surface area contributed by atoms with Crippen LogP contribution >= 0.6 is 11.6 Å². The van der Waals surface area contributed by atoms with Gasteiger partial charge in [0.15, 0.2) is 0 Å². The first-order valence-corrected chi connectivity index (χ1v) is 1.69. The van der Waals surface area contributed by atoms with Gasteiger partial charge in [0, 0.05) is 0 Å². The van der Waals surface area contributed by atoms with E-state index >= 15 is 0 Å². The lowest BCUT2D eigenvalue weighted by Crippen LogP contribution is -1.41. The molecule has 0 nitrogen and oxygen atoms in total. The van der Waals surface area contributed by atoms with Crippen molar-refractivity contribution in [3.05, 3.63) is 5.88 Å². The lowest BCUT2D eigenvalue weighted by Gasteiger charge is -1.54. The van der Waals surface area contributed by atoms with E-state index in [4.69, 9.17) is 11.6 Å². The van der Waals surface area contributed by atoms with E-state index < -0.39 is 0 Å². The Kier molecular flexibility index (Phi) is 3.73. The standard InChI is InChI=1S/C4H4Cl/c1-2-3-4-5/h4H,1H3. The minimum Gasteiger partial charge on any atom is -0.106 e. The second kappa shape index (κ2) is 3.85. The van der Waals surface area contributed by atoms with Crippen LogP contribution in [-0.4, -0.2) is 0 Å². The second-order valence-electron chi connectivity index (χ2n) is 0.503. The van der Waals surface area contributed by atoms with E-state index in [1.807, 2.05) is 0 Å².